The number of carboxylic acids is 1. The van der Waals surface area contributed by atoms with Crippen LogP contribution in [0, 0.1) is 0 Å². The van der Waals surface area contributed by atoms with Crippen LogP contribution in [0.1, 0.15) is 24.9 Å². The number of rotatable bonds is 5. The first-order valence-corrected chi connectivity index (χ1v) is 5.73. The number of aliphatic carboxylic acids is 1. The number of halogens is 2. The first kappa shape index (κ1) is 13.3. The first-order chi connectivity index (χ1) is 7.57. The molecule has 2 N–H and O–H groups in total. The Morgan fingerprint density at radius 3 is 2.75 bits per heavy atom. The van der Waals surface area contributed by atoms with Crippen LogP contribution in [0.2, 0.25) is 10.0 Å². The van der Waals surface area contributed by atoms with E-state index in [4.69, 9.17) is 28.3 Å². The molecule has 1 unspecified atom stereocenters. The molecule has 0 saturated carbocycles. The molecule has 5 heteroatoms. The van der Waals surface area contributed by atoms with Crippen molar-refractivity contribution in [2.75, 3.05) is 6.54 Å². The molecule has 1 rings (SSSR count). The number of nitrogens with one attached hydrogen (secondary N) is 1. The summed E-state index contributed by atoms with van der Waals surface area (Å²) in [7, 11) is 0. The Balaban J connectivity index is 3.01. The lowest BCUT2D eigenvalue weighted by Gasteiger charge is -2.16. The Labute approximate surface area is 104 Å². The summed E-state index contributed by atoms with van der Waals surface area (Å²) in [4.78, 5) is 11.1. The molecular weight excluding hydrogens is 249 g/mol. The number of hydrogen-bond acceptors (Lipinski definition) is 2. The minimum absolute atomic E-state index is 0.292. The highest BCUT2D eigenvalue weighted by molar-refractivity contribution is 6.42. The van der Waals surface area contributed by atoms with Gasteiger partial charge in [-0.3, -0.25) is 4.79 Å². The van der Waals surface area contributed by atoms with Crippen LogP contribution >= 0.6 is 23.2 Å². The number of benzene rings is 1. The van der Waals surface area contributed by atoms with Gasteiger partial charge in [-0.1, -0.05) is 42.3 Å². The zero-order valence-corrected chi connectivity index (χ0v) is 10.3. The van der Waals surface area contributed by atoms with Gasteiger partial charge >= 0.3 is 5.97 Å². The zero-order chi connectivity index (χ0) is 12.1. The van der Waals surface area contributed by atoms with E-state index in [9.17, 15) is 4.79 Å². The summed E-state index contributed by atoms with van der Waals surface area (Å²) in [5, 5.41) is 12.7. The minimum atomic E-state index is -0.961. The second kappa shape index (κ2) is 6.09. The van der Waals surface area contributed by atoms with E-state index in [-0.39, 0.29) is 0 Å². The second-order valence-electron chi connectivity index (χ2n) is 3.37. The average Bonchev–Trinajstić information content (AvgIpc) is 2.24. The van der Waals surface area contributed by atoms with Crippen LogP contribution in [0.5, 0.6) is 0 Å². The highest BCUT2D eigenvalue weighted by atomic mass is 35.5. The largest absolute Gasteiger partial charge is 0.480 e. The maximum atomic E-state index is 11.1. The van der Waals surface area contributed by atoms with Gasteiger partial charge in [0.1, 0.15) is 6.04 Å². The van der Waals surface area contributed by atoms with E-state index in [0.717, 1.165) is 6.42 Å². The molecule has 0 aliphatic carbocycles. The van der Waals surface area contributed by atoms with Gasteiger partial charge in [0, 0.05) is 5.56 Å². The first-order valence-electron chi connectivity index (χ1n) is 4.98. The van der Waals surface area contributed by atoms with E-state index in [1.165, 1.54) is 0 Å². The van der Waals surface area contributed by atoms with Gasteiger partial charge in [0.05, 0.1) is 10.0 Å². The fourth-order valence-electron chi connectivity index (χ4n) is 1.36. The standard InChI is InChI=1S/C11H13Cl2NO2/c1-2-6-14-10(11(15)16)7-4-3-5-8(12)9(7)13/h3-5,10,14H,2,6H2,1H3,(H,15,16). The topological polar surface area (TPSA) is 49.3 Å². The number of hydrogen-bond donors (Lipinski definition) is 2. The summed E-state index contributed by atoms with van der Waals surface area (Å²) in [6.45, 7) is 2.57. The molecule has 1 atom stereocenters. The van der Waals surface area contributed by atoms with Crippen molar-refractivity contribution >= 4 is 29.2 Å². The molecule has 0 bridgehead atoms. The molecule has 0 saturated heterocycles. The summed E-state index contributed by atoms with van der Waals surface area (Å²) in [5.41, 5.74) is 0.495. The van der Waals surface area contributed by atoms with E-state index >= 15 is 0 Å². The summed E-state index contributed by atoms with van der Waals surface area (Å²) in [6, 6.07) is 4.17. The van der Waals surface area contributed by atoms with Gasteiger partial charge < -0.3 is 10.4 Å². The van der Waals surface area contributed by atoms with Gasteiger partial charge in [-0.2, -0.15) is 0 Å². The molecular formula is C11H13Cl2NO2. The minimum Gasteiger partial charge on any atom is -0.480 e. The molecule has 1 aromatic carbocycles. The van der Waals surface area contributed by atoms with E-state index in [1.54, 1.807) is 18.2 Å². The molecule has 0 aromatic heterocycles. The number of carbonyl (C=O) groups is 1. The molecule has 88 valence electrons. The second-order valence-corrected chi connectivity index (χ2v) is 4.15. The van der Waals surface area contributed by atoms with Crippen LogP contribution < -0.4 is 5.32 Å². The Morgan fingerprint density at radius 1 is 1.50 bits per heavy atom. The van der Waals surface area contributed by atoms with Crippen LogP contribution in [-0.2, 0) is 4.79 Å². The highest BCUT2D eigenvalue weighted by Gasteiger charge is 2.22. The van der Waals surface area contributed by atoms with Crippen molar-refractivity contribution in [2.24, 2.45) is 0 Å². The molecule has 0 amide bonds. The maximum absolute atomic E-state index is 11.1. The Morgan fingerprint density at radius 2 is 2.19 bits per heavy atom. The predicted octanol–water partition coefficient (Wildman–Crippen LogP) is 3.12. The van der Waals surface area contributed by atoms with E-state index in [1.807, 2.05) is 6.92 Å². The SMILES string of the molecule is CCCNC(C(=O)O)c1cccc(Cl)c1Cl. The van der Waals surface area contributed by atoms with Crippen molar-refractivity contribution in [3.8, 4) is 0 Å². The summed E-state index contributed by atoms with van der Waals surface area (Å²) < 4.78 is 0. The van der Waals surface area contributed by atoms with E-state index in [0.29, 0.717) is 22.2 Å². The third-order valence-electron chi connectivity index (χ3n) is 2.14. The van der Waals surface area contributed by atoms with Gasteiger partial charge in [0.2, 0.25) is 0 Å². The lowest BCUT2D eigenvalue weighted by atomic mass is 10.1. The smallest absolute Gasteiger partial charge is 0.325 e. The van der Waals surface area contributed by atoms with Crippen molar-refractivity contribution in [3.63, 3.8) is 0 Å². The molecule has 16 heavy (non-hydrogen) atoms. The third kappa shape index (κ3) is 3.11. The van der Waals surface area contributed by atoms with Crippen LogP contribution in [0.25, 0.3) is 0 Å². The van der Waals surface area contributed by atoms with Crippen molar-refractivity contribution in [1.82, 2.24) is 5.32 Å². The van der Waals surface area contributed by atoms with E-state index < -0.39 is 12.0 Å². The molecule has 0 aliphatic rings. The third-order valence-corrected chi connectivity index (χ3v) is 2.97. The molecule has 0 heterocycles. The van der Waals surface area contributed by atoms with Crippen molar-refractivity contribution < 1.29 is 9.90 Å². The summed E-state index contributed by atoms with van der Waals surface area (Å²) in [6.07, 6.45) is 0.849. The van der Waals surface area contributed by atoms with Crippen molar-refractivity contribution in [1.29, 1.82) is 0 Å². The molecule has 0 aliphatic heterocycles. The zero-order valence-electron chi connectivity index (χ0n) is 8.84. The van der Waals surface area contributed by atoms with Crippen molar-refractivity contribution in [3.05, 3.63) is 33.8 Å². The van der Waals surface area contributed by atoms with Crippen LogP contribution in [0.4, 0.5) is 0 Å². The number of carboxylic acid groups (broad SMARTS) is 1. The summed E-state index contributed by atoms with van der Waals surface area (Å²) in [5.74, 6) is -0.961. The quantitative estimate of drug-likeness (QED) is 0.857. The van der Waals surface area contributed by atoms with Gasteiger partial charge in [-0.15, -0.1) is 0 Å². The molecule has 3 nitrogen and oxygen atoms in total. The van der Waals surface area contributed by atoms with Crippen LogP contribution in [0.3, 0.4) is 0 Å². The monoisotopic (exact) mass is 261 g/mol. The normalized spacial score (nSPS) is 12.4. The molecule has 1 aromatic rings. The highest BCUT2D eigenvalue weighted by Crippen LogP contribution is 2.30. The Bertz CT molecular complexity index is 382. The average molecular weight is 262 g/mol. The maximum Gasteiger partial charge on any atom is 0.325 e. The van der Waals surface area contributed by atoms with E-state index in [2.05, 4.69) is 5.32 Å². The van der Waals surface area contributed by atoms with Crippen LogP contribution in [-0.4, -0.2) is 17.6 Å². The van der Waals surface area contributed by atoms with Crippen LogP contribution in [0.15, 0.2) is 18.2 Å². The van der Waals surface area contributed by atoms with Gasteiger partial charge in [0.25, 0.3) is 0 Å². The molecule has 0 radical (unpaired) electrons. The fraction of sp³-hybridized carbons (Fsp3) is 0.364. The Kier molecular flexibility index (Phi) is 5.06. The fourth-order valence-corrected chi connectivity index (χ4v) is 1.78. The summed E-state index contributed by atoms with van der Waals surface area (Å²) >= 11 is 11.8. The van der Waals surface area contributed by atoms with Gasteiger partial charge in [-0.05, 0) is 19.0 Å². The van der Waals surface area contributed by atoms with Gasteiger partial charge in [0.15, 0.2) is 0 Å². The van der Waals surface area contributed by atoms with Crippen molar-refractivity contribution in [2.45, 2.75) is 19.4 Å². The molecule has 0 spiro atoms. The lowest BCUT2D eigenvalue weighted by Crippen LogP contribution is -2.29. The lowest BCUT2D eigenvalue weighted by molar-refractivity contribution is -0.139. The van der Waals surface area contributed by atoms with Gasteiger partial charge in [-0.25, -0.2) is 0 Å². The molecule has 0 fully saturated rings. The predicted molar refractivity (Wildman–Crippen MR) is 65.1 cm³/mol. The Hall–Kier alpha value is -0.770.